The van der Waals surface area contributed by atoms with E-state index < -0.39 is 0 Å². The lowest BCUT2D eigenvalue weighted by Gasteiger charge is -2.26. The number of rotatable bonds is 1. The van der Waals surface area contributed by atoms with Gasteiger partial charge in [0.05, 0.1) is 5.69 Å². The van der Waals surface area contributed by atoms with Gasteiger partial charge in [-0.2, -0.15) is 0 Å². The van der Waals surface area contributed by atoms with Crippen LogP contribution < -0.4 is 10.6 Å². The monoisotopic (exact) mass is 310 g/mol. The second-order valence-electron chi connectivity index (χ2n) is 6.17. The van der Waals surface area contributed by atoms with Crippen molar-refractivity contribution in [2.24, 2.45) is 5.41 Å². The summed E-state index contributed by atoms with van der Waals surface area (Å²) in [6.45, 7) is 9.10. The van der Waals surface area contributed by atoms with Crippen molar-refractivity contribution < 1.29 is 0 Å². The van der Waals surface area contributed by atoms with Gasteiger partial charge in [0, 0.05) is 23.2 Å². The van der Waals surface area contributed by atoms with Crippen LogP contribution >= 0.6 is 15.9 Å². The van der Waals surface area contributed by atoms with E-state index in [1.807, 2.05) is 6.07 Å². The van der Waals surface area contributed by atoms with Crippen molar-refractivity contribution in [2.75, 3.05) is 23.7 Å². The van der Waals surface area contributed by atoms with E-state index in [0.717, 1.165) is 28.8 Å². The largest absolute Gasteiger partial charge is 0.398 e. The molecule has 1 aromatic carbocycles. The number of nitrogen functional groups attached to an aromatic ring is 1. The molecule has 0 aromatic heterocycles. The van der Waals surface area contributed by atoms with Crippen LogP contribution in [0.1, 0.15) is 38.7 Å². The molecule has 2 nitrogen and oxygen atoms in total. The van der Waals surface area contributed by atoms with Gasteiger partial charge < -0.3 is 10.6 Å². The Kier molecular flexibility index (Phi) is 3.90. The Labute approximate surface area is 119 Å². The Bertz CT molecular complexity index is 440. The third-order valence-electron chi connectivity index (χ3n) is 4.02. The molecule has 2 N–H and O–H groups in total. The third kappa shape index (κ3) is 3.00. The predicted molar refractivity (Wildman–Crippen MR) is 83.1 cm³/mol. The first-order chi connectivity index (χ1) is 8.39. The number of hydrogen-bond acceptors (Lipinski definition) is 2. The number of nitrogens with zero attached hydrogens (tertiary/aromatic N) is 1. The molecule has 1 fully saturated rings. The topological polar surface area (TPSA) is 29.3 Å². The molecule has 0 spiro atoms. The molecule has 18 heavy (non-hydrogen) atoms. The second-order valence-corrected chi connectivity index (χ2v) is 7.02. The number of halogens is 1. The Morgan fingerprint density at radius 2 is 1.94 bits per heavy atom. The zero-order valence-electron chi connectivity index (χ0n) is 11.6. The van der Waals surface area contributed by atoms with E-state index in [0.29, 0.717) is 5.41 Å². The molecule has 0 radical (unpaired) electrons. The maximum atomic E-state index is 5.94. The molecule has 1 aliphatic heterocycles. The average Bonchev–Trinajstić information content (AvgIpc) is 2.45. The molecule has 3 heteroatoms. The summed E-state index contributed by atoms with van der Waals surface area (Å²) in [5.74, 6) is 0. The fourth-order valence-corrected chi connectivity index (χ4v) is 3.20. The van der Waals surface area contributed by atoms with Gasteiger partial charge in [-0.15, -0.1) is 0 Å². The van der Waals surface area contributed by atoms with Gasteiger partial charge in [0.15, 0.2) is 0 Å². The molecule has 0 atom stereocenters. The van der Waals surface area contributed by atoms with E-state index in [-0.39, 0.29) is 0 Å². The Balaban J connectivity index is 2.24. The summed E-state index contributed by atoms with van der Waals surface area (Å²) in [4.78, 5) is 2.49. The first-order valence-corrected chi connectivity index (χ1v) is 7.49. The van der Waals surface area contributed by atoms with Crippen molar-refractivity contribution in [2.45, 2.75) is 40.0 Å². The fourth-order valence-electron chi connectivity index (χ4n) is 2.59. The van der Waals surface area contributed by atoms with Crippen molar-refractivity contribution in [3.8, 4) is 0 Å². The van der Waals surface area contributed by atoms with Gasteiger partial charge in [-0.05, 0) is 65.2 Å². The summed E-state index contributed by atoms with van der Waals surface area (Å²) in [5, 5.41) is 0. The SMILES string of the molecule is Cc1cc(N2CCCC(C)(C)CC2)c(Br)cc1N. The molecule has 1 saturated heterocycles. The van der Waals surface area contributed by atoms with Crippen LogP contribution in [0.25, 0.3) is 0 Å². The molecule has 100 valence electrons. The van der Waals surface area contributed by atoms with E-state index in [1.54, 1.807) is 0 Å². The predicted octanol–water partition coefficient (Wildman–Crippen LogP) is 4.36. The van der Waals surface area contributed by atoms with Gasteiger partial charge >= 0.3 is 0 Å². The highest BCUT2D eigenvalue weighted by molar-refractivity contribution is 9.10. The molecule has 1 heterocycles. The molecule has 0 aliphatic carbocycles. The Morgan fingerprint density at radius 1 is 1.22 bits per heavy atom. The van der Waals surface area contributed by atoms with Crippen LogP contribution in [0.5, 0.6) is 0 Å². The molecule has 0 unspecified atom stereocenters. The number of aryl methyl sites for hydroxylation is 1. The third-order valence-corrected chi connectivity index (χ3v) is 4.65. The van der Waals surface area contributed by atoms with Crippen LogP contribution in [0.4, 0.5) is 11.4 Å². The minimum absolute atomic E-state index is 0.476. The second kappa shape index (κ2) is 5.12. The van der Waals surface area contributed by atoms with Crippen LogP contribution in [0.3, 0.4) is 0 Å². The minimum Gasteiger partial charge on any atom is -0.398 e. The Hall–Kier alpha value is -0.700. The van der Waals surface area contributed by atoms with Gasteiger partial charge in [0.1, 0.15) is 0 Å². The normalized spacial score (nSPS) is 19.7. The van der Waals surface area contributed by atoms with Crippen molar-refractivity contribution in [3.05, 3.63) is 22.2 Å². The lowest BCUT2D eigenvalue weighted by atomic mass is 9.85. The number of benzene rings is 1. The van der Waals surface area contributed by atoms with Gasteiger partial charge in [0.25, 0.3) is 0 Å². The first kappa shape index (κ1) is 13.7. The quantitative estimate of drug-likeness (QED) is 0.781. The summed E-state index contributed by atoms with van der Waals surface area (Å²) < 4.78 is 1.12. The summed E-state index contributed by atoms with van der Waals surface area (Å²) in [7, 11) is 0. The smallest absolute Gasteiger partial charge is 0.0514 e. The first-order valence-electron chi connectivity index (χ1n) is 6.70. The number of anilines is 2. The average molecular weight is 311 g/mol. The van der Waals surface area contributed by atoms with E-state index in [4.69, 9.17) is 5.73 Å². The fraction of sp³-hybridized carbons (Fsp3) is 0.600. The standard InChI is InChI=1S/C15H23BrN2/c1-11-9-14(12(16)10-13(11)17)18-7-4-5-15(2,3)6-8-18/h9-10H,4-8,17H2,1-3H3. The maximum Gasteiger partial charge on any atom is 0.0514 e. The molecule has 1 aromatic rings. The summed E-state index contributed by atoms with van der Waals surface area (Å²) >= 11 is 3.65. The number of hydrogen-bond donors (Lipinski definition) is 1. The molecule has 0 amide bonds. The highest BCUT2D eigenvalue weighted by Crippen LogP contribution is 2.35. The highest BCUT2D eigenvalue weighted by Gasteiger charge is 2.24. The molecule has 1 aliphatic rings. The molecular weight excluding hydrogens is 288 g/mol. The zero-order valence-corrected chi connectivity index (χ0v) is 13.2. The lowest BCUT2D eigenvalue weighted by molar-refractivity contribution is 0.325. The maximum absolute atomic E-state index is 5.94. The summed E-state index contributed by atoms with van der Waals surface area (Å²) in [5.41, 5.74) is 9.74. The van der Waals surface area contributed by atoms with Gasteiger partial charge in [-0.3, -0.25) is 0 Å². The molecule has 2 rings (SSSR count). The van der Waals surface area contributed by atoms with Crippen LogP contribution in [0.2, 0.25) is 0 Å². The molecule has 0 bridgehead atoms. The zero-order chi connectivity index (χ0) is 13.3. The van der Waals surface area contributed by atoms with Gasteiger partial charge in [0.2, 0.25) is 0 Å². The van der Waals surface area contributed by atoms with Crippen LogP contribution in [-0.4, -0.2) is 13.1 Å². The molecular formula is C15H23BrN2. The van der Waals surface area contributed by atoms with E-state index in [2.05, 4.69) is 47.7 Å². The van der Waals surface area contributed by atoms with Gasteiger partial charge in [-0.1, -0.05) is 13.8 Å². The van der Waals surface area contributed by atoms with E-state index >= 15 is 0 Å². The van der Waals surface area contributed by atoms with Crippen molar-refractivity contribution in [1.29, 1.82) is 0 Å². The van der Waals surface area contributed by atoms with Crippen LogP contribution in [0.15, 0.2) is 16.6 Å². The van der Waals surface area contributed by atoms with Crippen molar-refractivity contribution in [1.82, 2.24) is 0 Å². The van der Waals surface area contributed by atoms with Crippen molar-refractivity contribution in [3.63, 3.8) is 0 Å². The van der Waals surface area contributed by atoms with Crippen LogP contribution in [-0.2, 0) is 0 Å². The minimum atomic E-state index is 0.476. The summed E-state index contributed by atoms with van der Waals surface area (Å²) in [6, 6.07) is 4.23. The van der Waals surface area contributed by atoms with E-state index in [1.165, 1.54) is 24.9 Å². The molecule has 0 saturated carbocycles. The number of nitrogens with two attached hydrogens (primary N) is 1. The highest BCUT2D eigenvalue weighted by atomic mass is 79.9. The van der Waals surface area contributed by atoms with E-state index in [9.17, 15) is 0 Å². The Morgan fingerprint density at radius 3 is 2.67 bits per heavy atom. The van der Waals surface area contributed by atoms with Crippen LogP contribution in [0, 0.1) is 12.3 Å². The van der Waals surface area contributed by atoms with Crippen molar-refractivity contribution >= 4 is 27.3 Å². The van der Waals surface area contributed by atoms with Gasteiger partial charge in [-0.25, -0.2) is 0 Å². The lowest BCUT2D eigenvalue weighted by Crippen LogP contribution is -2.25. The summed E-state index contributed by atoms with van der Waals surface area (Å²) in [6.07, 6.45) is 3.83.